The summed E-state index contributed by atoms with van der Waals surface area (Å²) in [5.74, 6) is 0.875. The highest BCUT2D eigenvalue weighted by molar-refractivity contribution is 8.01. The zero-order valence-corrected chi connectivity index (χ0v) is 15.2. The monoisotopic (exact) mass is 350 g/mol. The zero-order chi connectivity index (χ0) is 16.7. The van der Waals surface area contributed by atoms with Crippen molar-refractivity contribution in [2.75, 3.05) is 18.1 Å². The fraction of sp³-hybridized carbons (Fsp3) is 0.438. The van der Waals surface area contributed by atoms with E-state index in [1.807, 2.05) is 18.2 Å². The third kappa shape index (κ3) is 5.84. The van der Waals surface area contributed by atoms with Gasteiger partial charge in [-0.25, -0.2) is 0 Å². The Kier molecular flexibility index (Phi) is 6.85. The molecule has 0 aliphatic rings. The number of aromatic nitrogens is 2. The van der Waals surface area contributed by atoms with Gasteiger partial charge < -0.3 is 10.6 Å². The van der Waals surface area contributed by atoms with Crippen molar-refractivity contribution in [3.05, 3.63) is 35.9 Å². The van der Waals surface area contributed by atoms with E-state index in [2.05, 4.69) is 46.8 Å². The van der Waals surface area contributed by atoms with E-state index >= 15 is 0 Å². The van der Waals surface area contributed by atoms with E-state index in [9.17, 15) is 4.79 Å². The Balaban J connectivity index is 1.92. The highest BCUT2D eigenvalue weighted by Crippen LogP contribution is 2.26. The maximum atomic E-state index is 12.3. The van der Waals surface area contributed by atoms with Crippen LogP contribution in [0.3, 0.4) is 0 Å². The summed E-state index contributed by atoms with van der Waals surface area (Å²) in [4.78, 5) is 12.3. The number of carbonyl (C=O) groups is 1. The van der Waals surface area contributed by atoms with Crippen LogP contribution in [0.25, 0.3) is 0 Å². The lowest BCUT2D eigenvalue weighted by Gasteiger charge is -2.21. The normalized spacial score (nSPS) is 12.2. The lowest BCUT2D eigenvalue weighted by molar-refractivity contribution is -0.119. The van der Waals surface area contributed by atoms with Crippen molar-refractivity contribution in [3.8, 4) is 0 Å². The van der Waals surface area contributed by atoms with E-state index in [0.717, 1.165) is 21.5 Å². The van der Waals surface area contributed by atoms with Crippen LogP contribution in [0.5, 0.6) is 0 Å². The second-order valence-electron chi connectivity index (χ2n) is 5.57. The molecule has 1 amide bonds. The molecule has 0 radical (unpaired) electrons. The van der Waals surface area contributed by atoms with Crippen molar-refractivity contribution in [2.45, 2.75) is 30.6 Å². The second kappa shape index (κ2) is 8.88. The standard InChI is InChI=1S/C16H22N4OS2/c1-11(2)9-13(12-7-5-4-6-8-12)18-14(21)10-22-16-20-19-15(17-3)23-16/h4-8,11,13H,9-10H2,1-3H3,(H,17,19)(H,18,21)/t13-/m0/s1. The largest absolute Gasteiger partial charge is 0.363 e. The van der Waals surface area contributed by atoms with Crippen LogP contribution in [-0.4, -0.2) is 28.9 Å². The Hall–Kier alpha value is -1.60. The van der Waals surface area contributed by atoms with Crippen LogP contribution in [-0.2, 0) is 4.79 Å². The van der Waals surface area contributed by atoms with Crippen molar-refractivity contribution in [1.29, 1.82) is 0 Å². The minimum absolute atomic E-state index is 0.0192. The zero-order valence-electron chi connectivity index (χ0n) is 13.6. The molecule has 5 nitrogen and oxygen atoms in total. The number of hydrogen-bond donors (Lipinski definition) is 2. The Morgan fingerprint density at radius 1 is 1.26 bits per heavy atom. The van der Waals surface area contributed by atoms with Crippen LogP contribution in [0.4, 0.5) is 5.13 Å². The third-order valence-electron chi connectivity index (χ3n) is 3.19. The lowest BCUT2D eigenvalue weighted by Crippen LogP contribution is -2.30. The average Bonchev–Trinajstić information content (AvgIpc) is 3.01. The summed E-state index contributed by atoms with van der Waals surface area (Å²) >= 11 is 2.86. The average molecular weight is 351 g/mol. The quantitative estimate of drug-likeness (QED) is 0.712. The van der Waals surface area contributed by atoms with E-state index in [1.54, 1.807) is 7.05 Å². The fourth-order valence-electron chi connectivity index (χ4n) is 2.17. The Bertz CT molecular complexity index is 616. The summed E-state index contributed by atoms with van der Waals surface area (Å²) in [7, 11) is 1.80. The van der Waals surface area contributed by atoms with Crippen molar-refractivity contribution >= 4 is 34.1 Å². The first-order valence-electron chi connectivity index (χ1n) is 7.57. The Morgan fingerprint density at radius 3 is 2.61 bits per heavy atom. The molecule has 0 unspecified atom stereocenters. The number of benzene rings is 1. The predicted molar refractivity (Wildman–Crippen MR) is 97.0 cm³/mol. The molecular formula is C16H22N4OS2. The molecule has 1 aromatic carbocycles. The van der Waals surface area contributed by atoms with Gasteiger partial charge in [0.2, 0.25) is 11.0 Å². The number of hydrogen-bond acceptors (Lipinski definition) is 6. The SMILES string of the molecule is CNc1nnc(SCC(=O)N[C@@H](CC(C)C)c2ccccc2)s1. The first kappa shape index (κ1) is 17.7. The lowest BCUT2D eigenvalue weighted by atomic mass is 9.97. The van der Waals surface area contributed by atoms with Crippen LogP contribution in [0.1, 0.15) is 31.9 Å². The number of nitrogens with one attached hydrogen (secondary N) is 2. The molecule has 0 fully saturated rings. The van der Waals surface area contributed by atoms with Gasteiger partial charge in [0.25, 0.3) is 0 Å². The highest BCUT2D eigenvalue weighted by atomic mass is 32.2. The Morgan fingerprint density at radius 2 is 2.00 bits per heavy atom. The molecule has 1 aromatic heterocycles. The summed E-state index contributed by atoms with van der Waals surface area (Å²) in [6.07, 6.45) is 0.920. The summed E-state index contributed by atoms with van der Waals surface area (Å²) < 4.78 is 0.796. The molecular weight excluding hydrogens is 328 g/mol. The Labute approximate surface area is 145 Å². The van der Waals surface area contributed by atoms with E-state index in [1.165, 1.54) is 23.1 Å². The maximum absolute atomic E-state index is 12.3. The summed E-state index contributed by atoms with van der Waals surface area (Å²) in [5.41, 5.74) is 1.15. The van der Waals surface area contributed by atoms with Crippen molar-refractivity contribution in [2.24, 2.45) is 5.92 Å². The predicted octanol–water partition coefficient (Wildman–Crippen LogP) is 3.58. The van der Waals surface area contributed by atoms with Crippen LogP contribution >= 0.6 is 23.1 Å². The van der Waals surface area contributed by atoms with E-state index in [-0.39, 0.29) is 11.9 Å². The minimum atomic E-state index is 0.0192. The molecule has 0 aliphatic carbocycles. The first-order chi connectivity index (χ1) is 11.1. The molecule has 2 rings (SSSR count). The topological polar surface area (TPSA) is 66.9 Å². The molecule has 124 valence electrons. The molecule has 2 N–H and O–H groups in total. The van der Waals surface area contributed by atoms with Gasteiger partial charge in [0.15, 0.2) is 4.34 Å². The molecule has 0 aliphatic heterocycles. The number of carbonyl (C=O) groups excluding carboxylic acids is 1. The number of thioether (sulfide) groups is 1. The van der Waals surface area contributed by atoms with Crippen LogP contribution < -0.4 is 10.6 Å². The third-order valence-corrected chi connectivity index (χ3v) is 5.27. The van der Waals surface area contributed by atoms with E-state index in [0.29, 0.717) is 11.7 Å². The molecule has 0 bridgehead atoms. The van der Waals surface area contributed by atoms with Crippen molar-refractivity contribution in [3.63, 3.8) is 0 Å². The van der Waals surface area contributed by atoms with Crippen LogP contribution in [0.2, 0.25) is 0 Å². The molecule has 0 saturated heterocycles. The minimum Gasteiger partial charge on any atom is -0.363 e. The number of rotatable bonds is 8. The summed E-state index contributed by atoms with van der Waals surface area (Å²) in [6.45, 7) is 4.33. The van der Waals surface area contributed by atoms with Gasteiger partial charge in [0.1, 0.15) is 0 Å². The van der Waals surface area contributed by atoms with Crippen molar-refractivity contribution < 1.29 is 4.79 Å². The number of amides is 1. The molecule has 23 heavy (non-hydrogen) atoms. The fourth-order valence-corrected chi connectivity index (χ4v) is 3.68. The van der Waals surface area contributed by atoms with Gasteiger partial charge in [-0.15, -0.1) is 10.2 Å². The molecule has 0 spiro atoms. The molecule has 1 heterocycles. The first-order valence-corrected chi connectivity index (χ1v) is 9.37. The smallest absolute Gasteiger partial charge is 0.230 e. The van der Waals surface area contributed by atoms with E-state index in [4.69, 9.17) is 0 Å². The van der Waals surface area contributed by atoms with Gasteiger partial charge in [-0.3, -0.25) is 4.79 Å². The number of nitrogens with zero attached hydrogens (tertiary/aromatic N) is 2. The van der Waals surface area contributed by atoms with Gasteiger partial charge in [0.05, 0.1) is 11.8 Å². The van der Waals surface area contributed by atoms with Gasteiger partial charge in [-0.2, -0.15) is 0 Å². The van der Waals surface area contributed by atoms with Gasteiger partial charge >= 0.3 is 0 Å². The van der Waals surface area contributed by atoms with Crippen LogP contribution in [0.15, 0.2) is 34.7 Å². The molecule has 0 saturated carbocycles. The highest BCUT2D eigenvalue weighted by Gasteiger charge is 2.16. The molecule has 1 atom stereocenters. The van der Waals surface area contributed by atoms with Gasteiger partial charge in [-0.1, -0.05) is 67.3 Å². The van der Waals surface area contributed by atoms with Crippen molar-refractivity contribution in [1.82, 2.24) is 15.5 Å². The number of anilines is 1. The van der Waals surface area contributed by atoms with Gasteiger partial charge in [0, 0.05) is 7.05 Å². The maximum Gasteiger partial charge on any atom is 0.230 e. The van der Waals surface area contributed by atoms with Gasteiger partial charge in [-0.05, 0) is 17.9 Å². The molecule has 7 heteroatoms. The van der Waals surface area contributed by atoms with E-state index < -0.39 is 0 Å². The van der Waals surface area contributed by atoms with Crippen LogP contribution in [0, 0.1) is 5.92 Å². The summed E-state index contributed by atoms with van der Waals surface area (Å²) in [6, 6.07) is 10.2. The summed E-state index contributed by atoms with van der Waals surface area (Å²) in [5, 5.41) is 14.8. The molecule has 2 aromatic rings. The second-order valence-corrected chi connectivity index (χ2v) is 7.77.